The number of hydrazine groups is 1. The molecule has 0 aromatic heterocycles. The van der Waals surface area contributed by atoms with Crippen LogP contribution in [0.25, 0.3) is 17.2 Å². The molecule has 38 heavy (non-hydrogen) atoms. The van der Waals surface area contributed by atoms with Crippen LogP contribution in [-0.2, 0) is 4.79 Å². The average Bonchev–Trinajstić information content (AvgIpc) is 3.24. The van der Waals surface area contributed by atoms with Crippen molar-refractivity contribution >= 4 is 51.3 Å². The van der Waals surface area contributed by atoms with Crippen molar-refractivity contribution in [1.82, 2.24) is 10.4 Å². The van der Waals surface area contributed by atoms with Gasteiger partial charge in [-0.1, -0.05) is 94.4 Å². The Morgan fingerprint density at radius 3 is 2.34 bits per heavy atom. The summed E-state index contributed by atoms with van der Waals surface area (Å²) >= 11 is 4.74. The van der Waals surface area contributed by atoms with Crippen molar-refractivity contribution in [3.8, 4) is 11.1 Å². The van der Waals surface area contributed by atoms with Gasteiger partial charge in [0.15, 0.2) is 0 Å². The number of non-ortho nitro benzene ring substituents is 1. The fourth-order valence-electron chi connectivity index (χ4n) is 4.03. The van der Waals surface area contributed by atoms with E-state index >= 15 is 0 Å². The lowest BCUT2D eigenvalue weighted by Gasteiger charge is -2.24. The number of rotatable bonds is 6. The van der Waals surface area contributed by atoms with Gasteiger partial charge in [-0.15, -0.1) is 0 Å². The summed E-state index contributed by atoms with van der Waals surface area (Å²) in [5, 5.41) is 12.0. The van der Waals surface area contributed by atoms with Gasteiger partial charge in [-0.3, -0.25) is 25.1 Å². The predicted octanol–water partition coefficient (Wildman–Crippen LogP) is 6.98. The zero-order chi connectivity index (χ0) is 26.6. The Hall–Kier alpha value is -4.21. The van der Waals surface area contributed by atoms with Crippen molar-refractivity contribution in [2.45, 2.75) is 5.37 Å². The van der Waals surface area contributed by atoms with Crippen LogP contribution in [0.1, 0.15) is 26.9 Å². The van der Waals surface area contributed by atoms with Gasteiger partial charge >= 0.3 is 0 Å². The number of nitro groups is 1. The van der Waals surface area contributed by atoms with Crippen LogP contribution >= 0.6 is 27.7 Å². The number of nitrogens with one attached hydrogen (secondary N) is 1. The van der Waals surface area contributed by atoms with E-state index in [1.165, 1.54) is 28.9 Å². The molecular formula is C29H20BrN3O4S. The molecule has 0 bridgehead atoms. The van der Waals surface area contributed by atoms with Crippen molar-refractivity contribution in [3.63, 3.8) is 0 Å². The van der Waals surface area contributed by atoms with E-state index in [0.29, 0.717) is 16.0 Å². The molecule has 0 aliphatic carbocycles. The van der Waals surface area contributed by atoms with Gasteiger partial charge in [0.1, 0.15) is 5.37 Å². The Morgan fingerprint density at radius 1 is 0.921 bits per heavy atom. The van der Waals surface area contributed by atoms with Gasteiger partial charge in [0.25, 0.3) is 17.5 Å². The predicted molar refractivity (Wildman–Crippen MR) is 152 cm³/mol. The summed E-state index contributed by atoms with van der Waals surface area (Å²) in [6, 6.07) is 30.6. The molecule has 2 amide bonds. The van der Waals surface area contributed by atoms with E-state index in [1.807, 2.05) is 66.7 Å². The molecule has 1 N–H and O–H groups in total. The minimum atomic E-state index is -0.530. The molecular weight excluding hydrogens is 566 g/mol. The maximum absolute atomic E-state index is 13.5. The van der Waals surface area contributed by atoms with Crippen molar-refractivity contribution < 1.29 is 14.5 Å². The monoisotopic (exact) mass is 585 g/mol. The molecule has 4 aromatic carbocycles. The molecule has 1 aliphatic heterocycles. The number of thioether (sulfide) groups is 1. The summed E-state index contributed by atoms with van der Waals surface area (Å²) in [7, 11) is 0. The van der Waals surface area contributed by atoms with E-state index in [1.54, 1.807) is 30.3 Å². The molecule has 1 unspecified atom stereocenters. The molecule has 1 atom stereocenters. The molecule has 1 aliphatic rings. The third-order valence-corrected chi connectivity index (χ3v) is 7.64. The summed E-state index contributed by atoms with van der Waals surface area (Å²) in [4.78, 5) is 37.7. The second kappa shape index (κ2) is 11.0. The number of carbonyl (C=O) groups is 2. The van der Waals surface area contributed by atoms with Crippen molar-refractivity contribution in [2.24, 2.45) is 0 Å². The van der Waals surface area contributed by atoms with Crippen LogP contribution in [0.2, 0.25) is 0 Å². The molecule has 9 heteroatoms. The largest absolute Gasteiger partial charge is 0.280 e. The lowest BCUT2D eigenvalue weighted by molar-refractivity contribution is -0.384. The van der Waals surface area contributed by atoms with Gasteiger partial charge in [-0.2, -0.15) is 0 Å². The molecule has 5 rings (SSSR count). The summed E-state index contributed by atoms with van der Waals surface area (Å²) in [6.07, 6.45) is 1.60. The van der Waals surface area contributed by atoms with E-state index in [2.05, 4.69) is 21.4 Å². The topological polar surface area (TPSA) is 92.6 Å². The zero-order valence-electron chi connectivity index (χ0n) is 19.8. The summed E-state index contributed by atoms with van der Waals surface area (Å²) in [5.74, 6) is -0.823. The maximum Gasteiger partial charge on any atom is 0.280 e. The van der Waals surface area contributed by atoms with Crippen molar-refractivity contribution in [2.75, 3.05) is 0 Å². The normalized spacial score (nSPS) is 16.0. The van der Waals surface area contributed by atoms with Gasteiger partial charge in [0, 0.05) is 22.2 Å². The fraction of sp³-hybridized carbons (Fsp3) is 0.0345. The molecule has 188 valence electrons. The Labute approximate surface area is 231 Å². The Kier molecular flexibility index (Phi) is 7.39. The number of hydrogen-bond donors (Lipinski definition) is 1. The van der Waals surface area contributed by atoms with Gasteiger partial charge in [-0.25, -0.2) is 5.01 Å². The first-order chi connectivity index (χ1) is 18.4. The highest BCUT2D eigenvalue weighted by molar-refractivity contribution is 9.10. The highest BCUT2D eigenvalue weighted by atomic mass is 79.9. The Balaban J connectivity index is 1.43. The molecule has 4 aromatic rings. The number of carbonyl (C=O) groups excluding carboxylic acids is 2. The Bertz CT molecular complexity index is 1560. The average molecular weight is 586 g/mol. The van der Waals surface area contributed by atoms with E-state index in [-0.39, 0.29) is 5.69 Å². The summed E-state index contributed by atoms with van der Waals surface area (Å²) in [6.45, 7) is 0. The van der Waals surface area contributed by atoms with Crippen LogP contribution in [0, 0.1) is 10.1 Å². The third-order valence-electron chi connectivity index (χ3n) is 5.89. The second-order valence-corrected chi connectivity index (χ2v) is 10.5. The molecule has 1 heterocycles. The van der Waals surface area contributed by atoms with Crippen LogP contribution in [0.5, 0.6) is 0 Å². The minimum absolute atomic E-state index is 0.0672. The number of benzene rings is 4. The lowest BCUT2D eigenvalue weighted by atomic mass is 10.0. The smallest absolute Gasteiger partial charge is 0.267 e. The first-order valence-electron chi connectivity index (χ1n) is 11.6. The first kappa shape index (κ1) is 25.4. The summed E-state index contributed by atoms with van der Waals surface area (Å²) in [5.41, 5.74) is 6.46. The van der Waals surface area contributed by atoms with E-state index in [4.69, 9.17) is 0 Å². The van der Waals surface area contributed by atoms with Gasteiger partial charge in [0.2, 0.25) is 0 Å². The van der Waals surface area contributed by atoms with Crippen LogP contribution in [0.4, 0.5) is 5.69 Å². The van der Waals surface area contributed by atoms with E-state index in [9.17, 15) is 19.7 Å². The van der Waals surface area contributed by atoms with Crippen LogP contribution < -0.4 is 5.43 Å². The number of hydrogen-bond acceptors (Lipinski definition) is 5. The molecule has 0 radical (unpaired) electrons. The van der Waals surface area contributed by atoms with Crippen molar-refractivity contribution in [1.29, 1.82) is 0 Å². The zero-order valence-corrected chi connectivity index (χ0v) is 22.2. The highest BCUT2D eigenvalue weighted by Crippen LogP contribution is 2.45. The number of amides is 2. The first-order valence-corrected chi connectivity index (χ1v) is 13.2. The van der Waals surface area contributed by atoms with Crippen LogP contribution in [0.15, 0.2) is 113 Å². The molecule has 7 nitrogen and oxygen atoms in total. The van der Waals surface area contributed by atoms with Gasteiger partial charge in [0.05, 0.1) is 9.83 Å². The summed E-state index contributed by atoms with van der Waals surface area (Å²) < 4.78 is 0.835. The standard InChI is InChI=1S/C29H20BrN3O4S/c30-24-10-5-9-23(18-24)29-32(28(35)26(38-29)17-19-6-4-11-25(16-19)33(36)37)31-27(34)22-14-12-21(13-15-22)20-7-2-1-3-8-20/h1-18,29H,(H,31,34)/b26-17+. The van der Waals surface area contributed by atoms with Crippen LogP contribution in [-0.4, -0.2) is 21.7 Å². The molecule has 0 saturated carbocycles. The Morgan fingerprint density at radius 2 is 1.63 bits per heavy atom. The lowest BCUT2D eigenvalue weighted by Crippen LogP contribution is -2.44. The maximum atomic E-state index is 13.5. The third kappa shape index (κ3) is 5.53. The second-order valence-electron chi connectivity index (χ2n) is 8.45. The molecule has 1 saturated heterocycles. The molecule has 0 spiro atoms. The molecule has 1 fully saturated rings. The number of nitro benzene ring substituents is 1. The van der Waals surface area contributed by atoms with Gasteiger partial charge in [-0.05, 0) is 52.6 Å². The van der Waals surface area contributed by atoms with Gasteiger partial charge < -0.3 is 0 Å². The minimum Gasteiger partial charge on any atom is -0.267 e. The fourth-order valence-corrected chi connectivity index (χ4v) is 5.63. The SMILES string of the molecule is O=C(NN1C(=O)/C(=C\c2cccc([N+](=O)[O-])c2)SC1c1cccc(Br)c1)c1ccc(-c2ccccc2)cc1. The van der Waals surface area contributed by atoms with E-state index < -0.39 is 22.1 Å². The number of nitrogens with zero attached hydrogens (tertiary/aromatic N) is 2. The van der Waals surface area contributed by atoms with Crippen molar-refractivity contribution in [3.05, 3.63) is 139 Å². The number of halogens is 1. The van der Waals surface area contributed by atoms with E-state index in [0.717, 1.165) is 21.2 Å². The quantitative estimate of drug-likeness (QED) is 0.150. The highest BCUT2D eigenvalue weighted by Gasteiger charge is 2.39. The van der Waals surface area contributed by atoms with Crippen LogP contribution in [0.3, 0.4) is 0 Å².